The Bertz CT molecular complexity index is 886. The lowest BCUT2D eigenvalue weighted by Crippen LogP contribution is -2.33. The average molecular weight is 391 g/mol. The summed E-state index contributed by atoms with van der Waals surface area (Å²) in [6, 6.07) is 6.36. The number of fused-ring (bicyclic) bond motifs is 1. The number of aryl methyl sites for hydroxylation is 2. The average Bonchev–Trinajstić information content (AvgIpc) is 3.31. The number of benzene rings is 1. The monoisotopic (exact) mass is 390 g/mol. The van der Waals surface area contributed by atoms with Gasteiger partial charge in [0.2, 0.25) is 10.0 Å². The molecule has 7 nitrogen and oxygen atoms in total. The third-order valence-electron chi connectivity index (χ3n) is 5.27. The summed E-state index contributed by atoms with van der Waals surface area (Å²) < 4.78 is 36.2. The highest BCUT2D eigenvalue weighted by Crippen LogP contribution is 2.27. The van der Waals surface area contributed by atoms with Gasteiger partial charge in [-0.25, -0.2) is 22.8 Å². The van der Waals surface area contributed by atoms with Gasteiger partial charge in [0.25, 0.3) is 0 Å². The largest absolute Gasteiger partial charge is 0.490 e. The molecule has 0 radical (unpaired) electrons. The number of hydrogen-bond acceptors (Lipinski definition) is 5. The molecule has 1 atom stereocenters. The highest BCUT2D eigenvalue weighted by Gasteiger charge is 2.28. The second-order valence-corrected chi connectivity index (χ2v) is 8.99. The van der Waals surface area contributed by atoms with Gasteiger partial charge < -0.3 is 4.74 Å². The minimum Gasteiger partial charge on any atom is -0.490 e. The van der Waals surface area contributed by atoms with Crippen LogP contribution in [0.4, 0.5) is 0 Å². The zero-order valence-corrected chi connectivity index (χ0v) is 16.4. The van der Waals surface area contributed by atoms with Crippen molar-refractivity contribution in [1.29, 1.82) is 0 Å². The van der Waals surface area contributed by atoms with Gasteiger partial charge in [-0.3, -0.25) is 0 Å². The quantitative estimate of drug-likeness (QED) is 0.819. The third kappa shape index (κ3) is 4.01. The van der Waals surface area contributed by atoms with Gasteiger partial charge in [-0.15, -0.1) is 0 Å². The first-order valence-electron chi connectivity index (χ1n) is 9.78. The van der Waals surface area contributed by atoms with E-state index in [0.29, 0.717) is 5.82 Å². The van der Waals surface area contributed by atoms with Crippen LogP contribution < -0.4 is 9.46 Å². The van der Waals surface area contributed by atoms with E-state index in [2.05, 4.69) is 14.8 Å². The molecule has 2 aromatic rings. The molecule has 0 spiro atoms. The van der Waals surface area contributed by atoms with Crippen LogP contribution in [-0.2, 0) is 23.0 Å². The number of nitrogens with one attached hydrogen (secondary N) is 1. The standard InChI is InChI=1S/C19H26N4O3S/c1-2-18-20-19-17(8-5-13-23(19)21-18)22-27(24,25)16-11-9-15(10-12-16)26-14-6-3-4-7-14/h9-12,14,17,22H,2-8,13H2,1H3/t17-/m0/s1. The Kier molecular flexibility index (Phi) is 5.19. The van der Waals surface area contributed by atoms with Crippen molar-refractivity contribution in [3.05, 3.63) is 35.9 Å². The van der Waals surface area contributed by atoms with Crippen LogP contribution in [0.25, 0.3) is 0 Å². The Morgan fingerprint density at radius 2 is 1.89 bits per heavy atom. The Morgan fingerprint density at radius 1 is 1.15 bits per heavy atom. The second-order valence-electron chi connectivity index (χ2n) is 7.27. The Balaban J connectivity index is 1.48. The van der Waals surface area contributed by atoms with Gasteiger partial charge >= 0.3 is 0 Å². The van der Waals surface area contributed by atoms with Gasteiger partial charge in [-0.05, 0) is 62.8 Å². The number of ether oxygens (including phenoxy) is 1. The van der Waals surface area contributed by atoms with Crippen LogP contribution in [0.2, 0.25) is 0 Å². The molecule has 1 aliphatic carbocycles. The molecule has 1 saturated carbocycles. The maximum Gasteiger partial charge on any atom is 0.241 e. The van der Waals surface area contributed by atoms with Crippen molar-refractivity contribution in [2.45, 2.75) is 75.5 Å². The summed E-state index contributed by atoms with van der Waals surface area (Å²) in [5.41, 5.74) is 0. The molecule has 146 valence electrons. The van der Waals surface area contributed by atoms with E-state index in [9.17, 15) is 8.42 Å². The predicted molar refractivity (Wildman–Crippen MR) is 101 cm³/mol. The van der Waals surface area contributed by atoms with Crippen molar-refractivity contribution >= 4 is 10.0 Å². The van der Waals surface area contributed by atoms with Gasteiger partial charge in [0, 0.05) is 13.0 Å². The van der Waals surface area contributed by atoms with Crippen LogP contribution >= 0.6 is 0 Å². The van der Waals surface area contributed by atoms with E-state index in [4.69, 9.17) is 4.74 Å². The van der Waals surface area contributed by atoms with Crippen molar-refractivity contribution in [2.75, 3.05) is 0 Å². The molecule has 4 rings (SSSR count). The fourth-order valence-electron chi connectivity index (χ4n) is 3.81. The summed E-state index contributed by atoms with van der Waals surface area (Å²) in [5.74, 6) is 2.19. The summed E-state index contributed by atoms with van der Waals surface area (Å²) >= 11 is 0. The second kappa shape index (κ2) is 7.59. The number of sulfonamides is 1. The highest BCUT2D eigenvalue weighted by molar-refractivity contribution is 7.89. The predicted octanol–water partition coefficient (Wildman–Crippen LogP) is 2.98. The fourth-order valence-corrected chi connectivity index (χ4v) is 5.04. The van der Waals surface area contributed by atoms with Crippen LogP contribution in [0.15, 0.2) is 29.2 Å². The molecule has 1 N–H and O–H groups in total. The summed E-state index contributed by atoms with van der Waals surface area (Å²) in [5, 5.41) is 4.44. The topological polar surface area (TPSA) is 86.1 Å². The lowest BCUT2D eigenvalue weighted by Gasteiger charge is -2.23. The molecule has 1 aromatic carbocycles. The Hall–Kier alpha value is -1.93. The van der Waals surface area contributed by atoms with Gasteiger partial charge in [0.1, 0.15) is 11.6 Å². The zero-order chi connectivity index (χ0) is 18.9. The summed E-state index contributed by atoms with van der Waals surface area (Å²) in [6.07, 6.45) is 7.15. The van der Waals surface area contributed by atoms with Gasteiger partial charge in [0.15, 0.2) is 5.82 Å². The van der Waals surface area contributed by atoms with E-state index < -0.39 is 10.0 Å². The molecule has 0 amide bonds. The van der Waals surface area contributed by atoms with Crippen LogP contribution in [0.5, 0.6) is 5.75 Å². The van der Waals surface area contributed by atoms with Gasteiger partial charge in [-0.1, -0.05) is 6.92 Å². The third-order valence-corrected chi connectivity index (χ3v) is 6.76. The van der Waals surface area contributed by atoms with E-state index in [-0.39, 0.29) is 17.0 Å². The van der Waals surface area contributed by atoms with Gasteiger partial charge in [0.05, 0.1) is 17.0 Å². The van der Waals surface area contributed by atoms with E-state index in [0.717, 1.165) is 50.2 Å². The van der Waals surface area contributed by atoms with Crippen molar-refractivity contribution in [1.82, 2.24) is 19.5 Å². The molecule has 2 heterocycles. The molecule has 1 aliphatic heterocycles. The lowest BCUT2D eigenvalue weighted by atomic mass is 10.1. The number of nitrogens with zero attached hydrogens (tertiary/aromatic N) is 3. The Morgan fingerprint density at radius 3 is 2.59 bits per heavy atom. The van der Waals surface area contributed by atoms with E-state index in [1.54, 1.807) is 24.3 Å². The summed E-state index contributed by atoms with van der Waals surface area (Å²) in [7, 11) is -3.63. The minimum atomic E-state index is -3.63. The highest BCUT2D eigenvalue weighted by atomic mass is 32.2. The van der Waals surface area contributed by atoms with Crippen molar-refractivity contribution < 1.29 is 13.2 Å². The minimum absolute atomic E-state index is 0.244. The van der Waals surface area contributed by atoms with E-state index >= 15 is 0 Å². The molecule has 1 aromatic heterocycles. The molecule has 1 fully saturated rings. The fraction of sp³-hybridized carbons (Fsp3) is 0.579. The SMILES string of the molecule is CCc1nc2n(n1)CCC[C@@H]2NS(=O)(=O)c1ccc(OC2CCCC2)cc1. The number of hydrogen-bond donors (Lipinski definition) is 1. The van der Waals surface area contributed by atoms with Crippen LogP contribution in [0.1, 0.15) is 63.1 Å². The van der Waals surface area contributed by atoms with Crippen molar-refractivity contribution in [3.63, 3.8) is 0 Å². The molecule has 0 unspecified atom stereocenters. The first-order chi connectivity index (χ1) is 13.0. The van der Waals surface area contributed by atoms with Gasteiger partial charge in [-0.2, -0.15) is 5.10 Å². The molecular formula is C19H26N4O3S. The van der Waals surface area contributed by atoms with Crippen molar-refractivity contribution in [2.24, 2.45) is 0 Å². The first kappa shape index (κ1) is 18.4. The van der Waals surface area contributed by atoms with Crippen LogP contribution in [0, 0.1) is 0 Å². The normalized spacial score (nSPS) is 20.6. The number of aromatic nitrogens is 3. The van der Waals surface area contributed by atoms with Crippen molar-refractivity contribution in [3.8, 4) is 5.75 Å². The molecule has 0 bridgehead atoms. The number of rotatable bonds is 6. The molecule has 0 saturated heterocycles. The molecule has 8 heteroatoms. The zero-order valence-electron chi connectivity index (χ0n) is 15.6. The maximum absolute atomic E-state index is 12.8. The molecule has 27 heavy (non-hydrogen) atoms. The van der Waals surface area contributed by atoms with Crippen LogP contribution in [0.3, 0.4) is 0 Å². The van der Waals surface area contributed by atoms with E-state index in [1.165, 1.54) is 12.8 Å². The lowest BCUT2D eigenvalue weighted by molar-refractivity contribution is 0.210. The maximum atomic E-state index is 12.8. The Labute approximate surface area is 160 Å². The molecule has 2 aliphatic rings. The van der Waals surface area contributed by atoms with Crippen LogP contribution in [-0.4, -0.2) is 29.3 Å². The smallest absolute Gasteiger partial charge is 0.241 e. The first-order valence-corrected chi connectivity index (χ1v) is 11.3. The summed E-state index contributed by atoms with van der Waals surface area (Å²) in [4.78, 5) is 4.75. The molecular weight excluding hydrogens is 364 g/mol. The summed E-state index contributed by atoms with van der Waals surface area (Å²) in [6.45, 7) is 2.78. The van der Waals surface area contributed by atoms with E-state index in [1.807, 2.05) is 11.6 Å².